The van der Waals surface area contributed by atoms with Gasteiger partial charge in [-0.15, -0.1) is 0 Å². The van der Waals surface area contributed by atoms with Gasteiger partial charge in [-0.2, -0.15) is 10.2 Å². The van der Waals surface area contributed by atoms with Gasteiger partial charge in [0.2, 0.25) is 0 Å². The minimum atomic E-state index is 0.507. The van der Waals surface area contributed by atoms with Gasteiger partial charge >= 0.3 is 0 Å². The van der Waals surface area contributed by atoms with E-state index in [-0.39, 0.29) is 0 Å². The Bertz CT molecular complexity index is 497. The Morgan fingerprint density at radius 1 is 0.960 bits per heavy atom. The highest BCUT2D eigenvalue weighted by atomic mass is 32.1. The SMILES string of the molecule is CC(=N\NC(=S)NCCN1CCCC1)/C(C)=N/NC(=S)NCC(C)C. The van der Waals surface area contributed by atoms with Crippen LogP contribution in [0.5, 0.6) is 0 Å². The van der Waals surface area contributed by atoms with E-state index in [1.807, 2.05) is 13.8 Å². The first-order valence-electron chi connectivity index (χ1n) is 8.77. The first-order valence-corrected chi connectivity index (χ1v) is 9.59. The van der Waals surface area contributed by atoms with Crippen LogP contribution in [-0.4, -0.2) is 59.3 Å². The Labute approximate surface area is 162 Å². The molecule has 25 heavy (non-hydrogen) atoms. The quantitative estimate of drug-likeness (QED) is 0.286. The smallest absolute Gasteiger partial charge is 0.187 e. The summed E-state index contributed by atoms with van der Waals surface area (Å²) in [6, 6.07) is 0. The van der Waals surface area contributed by atoms with Gasteiger partial charge < -0.3 is 15.5 Å². The van der Waals surface area contributed by atoms with Gasteiger partial charge in [0.25, 0.3) is 0 Å². The maximum atomic E-state index is 5.23. The van der Waals surface area contributed by atoms with Crippen LogP contribution in [0.3, 0.4) is 0 Å². The number of nitrogens with zero attached hydrogens (tertiary/aromatic N) is 3. The van der Waals surface area contributed by atoms with Crippen LogP contribution in [-0.2, 0) is 0 Å². The molecule has 1 saturated heterocycles. The summed E-state index contributed by atoms with van der Waals surface area (Å²) >= 11 is 10.4. The number of nitrogens with one attached hydrogen (secondary N) is 4. The van der Waals surface area contributed by atoms with Crippen molar-refractivity contribution in [3.8, 4) is 0 Å². The zero-order chi connectivity index (χ0) is 18.7. The Morgan fingerprint density at radius 3 is 2.00 bits per heavy atom. The van der Waals surface area contributed by atoms with Crippen LogP contribution in [0.4, 0.5) is 0 Å². The molecule has 0 aliphatic carbocycles. The summed E-state index contributed by atoms with van der Waals surface area (Å²) in [4.78, 5) is 2.43. The monoisotopic (exact) mass is 385 g/mol. The van der Waals surface area contributed by atoms with E-state index in [9.17, 15) is 0 Å². The van der Waals surface area contributed by atoms with E-state index in [1.165, 1.54) is 25.9 Å². The lowest BCUT2D eigenvalue weighted by Crippen LogP contribution is -2.38. The van der Waals surface area contributed by atoms with Gasteiger partial charge in [-0.05, 0) is 70.1 Å². The molecule has 0 saturated carbocycles. The lowest BCUT2D eigenvalue weighted by atomic mass is 10.2. The van der Waals surface area contributed by atoms with Gasteiger partial charge in [0, 0.05) is 19.6 Å². The topological polar surface area (TPSA) is 76.1 Å². The normalized spacial score (nSPS) is 16.0. The second kappa shape index (κ2) is 12.1. The Hall–Kier alpha value is -1.32. The summed E-state index contributed by atoms with van der Waals surface area (Å²) in [5.41, 5.74) is 7.14. The van der Waals surface area contributed by atoms with Crippen LogP contribution in [0.2, 0.25) is 0 Å². The number of likely N-dealkylation sites (tertiary alicyclic amines) is 1. The third-order valence-corrected chi connectivity index (χ3v) is 4.23. The molecule has 0 bridgehead atoms. The fourth-order valence-electron chi connectivity index (χ4n) is 2.14. The fraction of sp³-hybridized carbons (Fsp3) is 0.750. The Balaban J connectivity index is 2.26. The van der Waals surface area contributed by atoms with Crippen LogP contribution in [0.15, 0.2) is 10.2 Å². The fourth-order valence-corrected chi connectivity index (χ4v) is 2.42. The summed E-state index contributed by atoms with van der Waals surface area (Å²) in [5, 5.41) is 15.7. The van der Waals surface area contributed by atoms with Crippen molar-refractivity contribution in [3.63, 3.8) is 0 Å². The van der Waals surface area contributed by atoms with Crippen LogP contribution in [0.1, 0.15) is 40.5 Å². The van der Waals surface area contributed by atoms with Crippen molar-refractivity contribution in [1.29, 1.82) is 0 Å². The number of rotatable bonds is 8. The van der Waals surface area contributed by atoms with E-state index in [1.54, 1.807) is 0 Å². The number of hydrogen-bond donors (Lipinski definition) is 4. The van der Waals surface area contributed by atoms with E-state index < -0.39 is 0 Å². The highest BCUT2D eigenvalue weighted by Crippen LogP contribution is 2.05. The number of hydrogen-bond acceptors (Lipinski definition) is 5. The van der Waals surface area contributed by atoms with Crippen molar-refractivity contribution in [3.05, 3.63) is 0 Å². The summed E-state index contributed by atoms with van der Waals surface area (Å²) in [6.45, 7) is 13.0. The average Bonchev–Trinajstić information content (AvgIpc) is 3.08. The molecule has 0 amide bonds. The van der Waals surface area contributed by atoms with Crippen LogP contribution in [0.25, 0.3) is 0 Å². The summed E-state index contributed by atoms with van der Waals surface area (Å²) in [5.74, 6) is 0.524. The summed E-state index contributed by atoms with van der Waals surface area (Å²) < 4.78 is 0. The molecule has 4 N–H and O–H groups in total. The zero-order valence-electron chi connectivity index (χ0n) is 15.7. The first-order chi connectivity index (χ1) is 11.9. The van der Waals surface area contributed by atoms with Gasteiger partial charge in [0.05, 0.1) is 11.4 Å². The molecule has 0 aromatic rings. The van der Waals surface area contributed by atoms with Gasteiger partial charge in [-0.25, -0.2) is 0 Å². The van der Waals surface area contributed by atoms with Crippen LogP contribution in [0, 0.1) is 5.92 Å². The van der Waals surface area contributed by atoms with Crippen molar-refractivity contribution in [2.24, 2.45) is 16.1 Å². The third kappa shape index (κ3) is 10.3. The Kier molecular flexibility index (Phi) is 10.5. The zero-order valence-corrected chi connectivity index (χ0v) is 17.3. The predicted octanol–water partition coefficient (Wildman–Crippen LogP) is 1.42. The van der Waals surface area contributed by atoms with Gasteiger partial charge in [0.1, 0.15) is 0 Å². The van der Waals surface area contributed by atoms with Gasteiger partial charge in [0.15, 0.2) is 10.2 Å². The van der Waals surface area contributed by atoms with Crippen molar-refractivity contribution in [1.82, 2.24) is 26.4 Å². The van der Waals surface area contributed by atoms with Crippen LogP contribution < -0.4 is 21.5 Å². The molecular weight excluding hydrogens is 354 g/mol. The maximum absolute atomic E-state index is 5.23. The minimum absolute atomic E-state index is 0.507. The molecule has 142 valence electrons. The van der Waals surface area contributed by atoms with E-state index in [0.29, 0.717) is 16.1 Å². The molecular formula is C16H31N7S2. The molecule has 0 radical (unpaired) electrons. The molecule has 1 fully saturated rings. The van der Waals surface area contributed by atoms with E-state index >= 15 is 0 Å². The first kappa shape index (κ1) is 21.7. The van der Waals surface area contributed by atoms with Crippen molar-refractivity contribution in [2.75, 3.05) is 32.7 Å². The molecule has 0 aromatic heterocycles. The lowest BCUT2D eigenvalue weighted by molar-refractivity contribution is 0.343. The van der Waals surface area contributed by atoms with Crippen molar-refractivity contribution < 1.29 is 0 Å². The lowest BCUT2D eigenvalue weighted by Gasteiger charge is -2.15. The third-order valence-electron chi connectivity index (χ3n) is 3.76. The maximum Gasteiger partial charge on any atom is 0.187 e. The highest BCUT2D eigenvalue weighted by Gasteiger charge is 2.10. The summed E-state index contributed by atoms with van der Waals surface area (Å²) in [6.07, 6.45) is 2.60. The molecule has 0 aromatic carbocycles. The predicted molar refractivity (Wildman–Crippen MR) is 114 cm³/mol. The average molecular weight is 386 g/mol. The van der Waals surface area contributed by atoms with Gasteiger partial charge in [-0.1, -0.05) is 13.8 Å². The second-order valence-corrected chi connectivity index (χ2v) is 7.34. The van der Waals surface area contributed by atoms with Crippen molar-refractivity contribution in [2.45, 2.75) is 40.5 Å². The largest absolute Gasteiger partial charge is 0.361 e. The van der Waals surface area contributed by atoms with E-state index in [4.69, 9.17) is 24.4 Å². The summed E-state index contributed by atoms with van der Waals surface area (Å²) in [7, 11) is 0. The highest BCUT2D eigenvalue weighted by molar-refractivity contribution is 7.80. The second-order valence-electron chi connectivity index (χ2n) is 6.53. The molecule has 0 atom stereocenters. The molecule has 1 rings (SSSR count). The standard InChI is InChI=1S/C16H31N7S2/c1-12(2)11-18-16(25)22-20-14(4)13(3)19-21-15(24)17-7-10-23-8-5-6-9-23/h12H,5-11H2,1-4H3,(H2,17,21,24)(H2,18,22,25)/b19-13+,20-14+. The molecule has 1 heterocycles. The molecule has 9 heteroatoms. The molecule has 7 nitrogen and oxygen atoms in total. The van der Waals surface area contributed by atoms with Crippen LogP contribution >= 0.6 is 24.4 Å². The number of thiocarbonyl (C=S) groups is 2. The van der Waals surface area contributed by atoms with Crippen molar-refractivity contribution >= 4 is 46.1 Å². The molecule has 0 unspecified atom stereocenters. The Morgan fingerprint density at radius 2 is 1.48 bits per heavy atom. The van der Waals surface area contributed by atoms with Gasteiger partial charge in [-0.3, -0.25) is 10.9 Å². The molecule has 1 aliphatic rings. The van der Waals surface area contributed by atoms with E-state index in [2.05, 4.69) is 50.4 Å². The van der Waals surface area contributed by atoms with E-state index in [0.717, 1.165) is 31.1 Å². The molecule has 1 aliphatic heterocycles. The number of hydrazone groups is 2. The molecule has 0 spiro atoms. The minimum Gasteiger partial charge on any atom is -0.361 e.